The fraction of sp³-hybridized carbons (Fsp3) is 1.00. The summed E-state index contributed by atoms with van der Waals surface area (Å²) in [6.45, 7) is 2.12. The fourth-order valence-electron chi connectivity index (χ4n) is 0.429. The number of aliphatic hydroxyl groups is 2. The van der Waals surface area contributed by atoms with Crippen LogP contribution in [0.2, 0.25) is 0 Å². The van der Waals surface area contributed by atoms with Gasteiger partial charge in [0, 0.05) is 0 Å². The van der Waals surface area contributed by atoms with Crippen LogP contribution in [0.4, 0.5) is 0 Å². The molecular formula is C5H12NO3-. The van der Waals surface area contributed by atoms with Crippen molar-refractivity contribution in [1.29, 1.82) is 0 Å². The quantitative estimate of drug-likeness (QED) is 0.414. The molecule has 2 N–H and O–H groups in total. The number of hydrogen-bond acceptors (Lipinski definition) is 4. The molecule has 0 spiro atoms. The molecule has 0 aliphatic rings. The second kappa shape index (κ2) is 4.69. The number of rotatable bonds is 4. The van der Waals surface area contributed by atoms with E-state index < -0.39 is 6.41 Å². The van der Waals surface area contributed by atoms with Crippen LogP contribution in [0.15, 0.2) is 0 Å². The summed E-state index contributed by atoms with van der Waals surface area (Å²) in [6, 6.07) is 0. The van der Waals surface area contributed by atoms with Gasteiger partial charge in [-0.3, -0.25) is 0 Å². The summed E-state index contributed by atoms with van der Waals surface area (Å²) in [5.74, 6) is 0. The van der Waals surface area contributed by atoms with Gasteiger partial charge in [0.25, 0.3) is 0 Å². The molecule has 0 rings (SSSR count). The smallest absolute Gasteiger partial charge is 0.201 e. The highest BCUT2D eigenvalue weighted by Gasteiger charge is 1.96. The van der Waals surface area contributed by atoms with Crippen molar-refractivity contribution in [3.05, 3.63) is 5.21 Å². The van der Waals surface area contributed by atoms with Gasteiger partial charge in [-0.15, -0.1) is 0 Å². The zero-order valence-corrected chi connectivity index (χ0v) is 5.45. The van der Waals surface area contributed by atoms with E-state index in [4.69, 9.17) is 10.2 Å². The lowest BCUT2D eigenvalue weighted by molar-refractivity contribution is -0.135. The Balaban J connectivity index is 3.16. The van der Waals surface area contributed by atoms with Crippen molar-refractivity contribution >= 4 is 0 Å². The third-order valence-corrected chi connectivity index (χ3v) is 0.990. The molecule has 9 heavy (non-hydrogen) atoms. The predicted molar refractivity (Wildman–Crippen MR) is 33.2 cm³/mol. The summed E-state index contributed by atoms with van der Waals surface area (Å²) < 4.78 is 0. The van der Waals surface area contributed by atoms with Crippen molar-refractivity contribution in [3.63, 3.8) is 0 Å². The van der Waals surface area contributed by atoms with Crippen LogP contribution in [0.1, 0.15) is 19.8 Å². The molecule has 0 aliphatic heterocycles. The van der Waals surface area contributed by atoms with E-state index >= 15 is 0 Å². The van der Waals surface area contributed by atoms with E-state index in [1.165, 1.54) is 0 Å². The van der Waals surface area contributed by atoms with Crippen LogP contribution in [0, 0.1) is 5.21 Å². The average Bonchev–Trinajstić information content (AvgIpc) is 1.82. The molecule has 4 nitrogen and oxygen atoms in total. The summed E-state index contributed by atoms with van der Waals surface area (Å²) in [5.41, 5.74) is 0. The van der Waals surface area contributed by atoms with Gasteiger partial charge in [0.05, 0.1) is 0 Å². The van der Waals surface area contributed by atoms with E-state index in [1.807, 2.05) is 6.92 Å². The van der Waals surface area contributed by atoms with Crippen LogP contribution in [0.3, 0.4) is 0 Å². The Kier molecular flexibility index (Phi) is 4.61. The highest BCUT2D eigenvalue weighted by Crippen LogP contribution is 1.93. The van der Waals surface area contributed by atoms with Gasteiger partial charge in [-0.05, 0) is 13.0 Å². The molecule has 0 radical (unpaired) electrons. The lowest BCUT2D eigenvalue weighted by atomic mass is 10.3. The molecule has 0 saturated heterocycles. The number of hydrogen-bond donors (Lipinski definition) is 2. The first-order valence-corrected chi connectivity index (χ1v) is 2.98. The van der Waals surface area contributed by atoms with Gasteiger partial charge in [-0.1, -0.05) is 13.3 Å². The Morgan fingerprint density at radius 3 is 2.44 bits per heavy atom. The number of aliphatic hydroxyl groups excluding tert-OH is 1. The van der Waals surface area contributed by atoms with Gasteiger partial charge in [0.2, 0.25) is 6.41 Å². The van der Waals surface area contributed by atoms with Crippen LogP contribution in [0.25, 0.3) is 0 Å². The highest BCUT2D eigenvalue weighted by molar-refractivity contribution is 4.51. The summed E-state index contributed by atoms with van der Waals surface area (Å²) >= 11 is 0. The zero-order chi connectivity index (χ0) is 7.28. The first-order chi connectivity index (χ1) is 4.18. The van der Waals surface area contributed by atoms with Gasteiger partial charge < -0.3 is 20.5 Å². The lowest BCUT2D eigenvalue weighted by Gasteiger charge is -2.28. The lowest BCUT2D eigenvalue weighted by Crippen LogP contribution is -2.29. The number of nitrogens with zero attached hydrogens (tertiary/aromatic N) is 1. The minimum Gasteiger partial charge on any atom is -0.782 e. The van der Waals surface area contributed by atoms with Gasteiger partial charge in [0.15, 0.2) is 0 Å². The minimum absolute atomic E-state index is 0.189. The maximum absolute atomic E-state index is 10.3. The summed E-state index contributed by atoms with van der Waals surface area (Å²) in [5, 5.41) is 27.0. The van der Waals surface area contributed by atoms with E-state index in [9.17, 15) is 5.21 Å². The maximum atomic E-state index is 10.3. The van der Waals surface area contributed by atoms with Crippen LogP contribution in [-0.2, 0) is 0 Å². The first kappa shape index (κ1) is 8.84. The Labute approximate surface area is 54.3 Å². The molecule has 0 aromatic rings. The second-order valence-electron chi connectivity index (χ2n) is 1.84. The third-order valence-electron chi connectivity index (χ3n) is 0.990. The third kappa shape index (κ3) is 4.35. The molecule has 0 heterocycles. The van der Waals surface area contributed by atoms with Gasteiger partial charge >= 0.3 is 0 Å². The van der Waals surface area contributed by atoms with E-state index in [-0.39, 0.29) is 11.6 Å². The first-order valence-electron chi connectivity index (χ1n) is 2.98. The Morgan fingerprint density at radius 2 is 2.11 bits per heavy atom. The molecule has 0 aromatic heterocycles. The van der Waals surface area contributed by atoms with Crippen LogP contribution < -0.4 is 0 Å². The maximum Gasteiger partial charge on any atom is 0.201 e. The second-order valence-corrected chi connectivity index (χ2v) is 1.84. The van der Waals surface area contributed by atoms with Crippen molar-refractivity contribution < 1.29 is 10.2 Å². The van der Waals surface area contributed by atoms with E-state index in [0.717, 1.165) is 6.42 Å². The molecular weight excluding hydrogens is 122 g/mol. The topological polar surface area (TPSA) is 66.8 Å². The molecule has 0 saturated carbocycles. The molecule has 0 aliphatic carbocycles. The predicted octanol–water partition coefficient (Wildman–Crippen LogP) is -0.145. The summed E-state index contributed by atoms with van der Waals surface area (Å²) in [6.07, 6.45) is -0.274. The van der Waals surface area contributed by atoms with E-state index in [1.54, 1.807) is 0 Å². The number of hydroxylamine groups is 2. The van der Waals surface area contributed by atoms with Gasteiger partial charge in [-0.25, -0.2) is 0 Å². The molecule has 0 atom stereocenters. The normalized spacial score (nSPS) is 11.3. The summed E-state index contributed by atoms with van der Waals surface area (Å²) in [4.78, 5) is 0. The molecule has 56 valence electrons. The molecule has 0 aromatic carbocycles. The monoisotopic (exact) mass is 134 g/mol. The summed E-state index contributed by atoms with van der Waals surface area (Å²) in [7, 11) is 0. The highest BCUT2D eigenvalue weighted by atomic mass is 16.6. The van der Waals surface area contributed by atoms with Crippen molar-refractivity contribution in [1.82, 2.24) is 5.06 Å². The Morgan fingerprint density at radius 1 is 1.56 bits per heavy atom. The molecule has 0 unspecified atom stereocenters. The standard InChI is InChI=1S/C5H12NO3/c1-2-3-4-6(9)5(7)8/h5,7-8H,2-4H2,1H3/q-1. The Hall–Kier alpha value is -0.160. The zero-order valence-electron chi connectivity index (χ0n) is 5.45. The van der Waals surface area contributed by atoms with Crippen molar-refractivity contribution in [2.75, 3.05) is 6.54 Å². The van der Waals surface area contributed by atoms with E-state index in [0.29, 0.717) is 6.42 Å². The molecule has 0 fully saturated rings. The van der Waals surface area contributed by atoms with Crippen molar-refractivity contribution in [3.8, 4) is 0 Å². The minimum atomic E-state index is -1.85. The molecule has 0 bridgehead atoms. The largest absolute Gasteiger partial charge is 0.782 e. The van der Waals surface area contributed by atoms with Gasteiger partial charge in [-0.2, -0.15) is 0 Å². The average molecular weight is 134 g/mol. The van der Waals surface area contributed by atoms with Crippen LogP contribution in [0.5, 0.6) is 0 Å². The van der Waals surface area contributed by atoms with E-state index in [2.05, 4.69) is 0 Å². The SMILES string of the molecule is CCCCN([O-])C(O)O. The van der Waals surface area contributed by atoms with Crippen molar-refractivity contribution in [2.24, 2.45) is 0 Å². The molecule has 4 heteroatoms. The Bertz CT molecular complexity index is 67.2. The van der Waals surface area contributed by atoms with Crippen LogP contribution in [-0.4, -0.2) is 28.2 Å². The van der Waals surface area contributed by atoms with Crippen LogP contribution >= 0.6 is 0 Å². The van der Waals surface area contributed by atoms with Crippen molar-refractivity contribution in [2.45, 2.75) is 26.2 Å². The number of unbranched alkanes of at least 4 members (excludes halogenated alkanes) is 1. The fourth-order valence-corrected chi connectivity index (χ4v) is 0.429. The van der Waals surface area contributed by atoms with Gasteiger partial charge in [0.1, 0.15) is 0 Å². The molecule has 0 amide bonds.